The van der Waals surface area contributed by atoms with Crippen molar-refractivity contribution >= 4 is 34.6 Å². The van der Waals surface area contributed by atoms with Gasteiger partial charge in [-0.15, -0.1) is 0 Å². The van der Waals surface area contributed by atoms with E-state index in [4.69, 9.17) is 4.74 Å². The van der Waals surface area contributed by atoms with Gasteiger partial charge in [0.1, 0.15) is 5.76 Å². The molecule has 8 heteroatoms. The summed E-state index contributed by atoms with van der Waals surface area (Å²) in [4.78, 5) is 44.3. The minimum Gasteiger partial charge on any atom is -0.462 e. The smallest absolute Gasteiger partial charge is 0.269 e. The number of carbonyl (C=O) groups excluding carboxylic acids is 2. The third-order valence-corrected chi connectivity index (χ3v) is 8.63. The molecule has 2 aliphatic heterocycles. The fraction of sp³-hybridized carbons (Fsp3) is 0.105. The number of amides is 2. The molecule has 2 heterocycles. The van der Waals surface area contributed by atoms with Gasteiger partial charge in [0.15, 0.2) is 0 Å². The largest absolute Gasteiger partial charge is 0.462 e. The lowest BCUT2D eigenvalue weighted by atomic mass is 9.87. The normalized spacial score (nSPS) is 19.1. The van der Waals surface area contributed by atoms with Gasteiger partial charge in [-0.05, 0) is 36.8 Å². The van der Waals surface area contributed by atoms with Crippen molar-refractivity contribution < 1.29 is 19.2 Å². The number of carbonyl (C=O) groups is 2. The molecule has 2 aliphatic rings. The van der Waals surface area contributed by atoms with Crippen LogP contribution in [0.1, 0.15) is 46.4 Å². The number of nitro benzene ring substituents is 1. The molecule has 0 unspecified atom stereocenters. The highest BCUT2D eigenvalue weighted by Gasteiger charge is 2.55. The highest BCUT2D eigenvalue weighted by atomic mass is 16.6. The van der Waals surface area contributed by atoms with E-state index in [-0.39, 0.29) is 23.9 Å². The van der Waals surface area contributed by atoms with Crippen LogP contribution in [-0.4, -0.2) is 16.7 Å². The maximum absolute atomic E-state index is 14.8. The lowest BCUT2D eigenvalue weighted by Crippen LogP contribution is -2.55. The van der Waals surface area contributed by atoms with Crippen molar-refractivity contribution in [2.45, 2.75) is 25.1 Å². The second-order valence-corrected chi connectivity index (χ2v) is 11.3. The highest BCUT2D eigenvalue weighted by molar-refractivity contribution is 6.15. The Morgan fingerprint density at radius 2 is 1.41 bits per heavy atom. The Morgan fingerprint density at radius 3 is 2.09 bits per heavy atom. The van der Waals surface area contributed by atoms with E-state index in [1.165, 1.54) is 12.1 Å². The monoisotopic (exact) mass is 607 g/mol. The van der Waals surface area contributed by atoms with Crippen molar-refractivity contribution in [3.05, 3.63) is 177 Å². The minimum absolute atomic E-state index is 0.0702. The van der Waals surface area contributed by atoms with Crippen LogP contribution in [0.15, 0.2) is 145 Å². The van der Waals surface area contributed by atoms with Crippen molar-refractivity contribution in [3.63, 3.8) is 0 Å². The molecule has 0 fully saturated rings. The highest BCUT2D eigenvalue weighted by Crippen LogP contribution is 2.55. The van der Waals surface area contributed by atoms with Crippen molar-refractivity contribution in [1.82, 2.24) is 0 Å². The van der Waals surface area contributed by atoms with Gasteiger partial charge in [-0.1, -0.05) is 103 Å². The molecule has 46 heavy (non-hydrogen) atoms. The minimum atomic E-state index is -1.59. The molecular weight excluding hydrogens is 578 g/mol. The molecule has 226 valence electrons. The molecule has 0 aromatic heterocycles. The summed E-state index contributed by atoms with van der Waals surface area (Å²) in [6, 6.07) is 40.8. The molecule has 5 aromatic rings. The van der Waals surface area contributed by atoms with Crippen LogP contribution in [0.5, 0.6) is 0 Å². The first-order valence-corrected chi connectivity index (χ1v) is 15.0. The zero-order valence-electron chi connectivity index (χ0n) is 24.9. The number of para-hydroxylation sites is 2. The van der Waals surface area contributed by atoms with Crippen molar-refractivity contribution in [1.29, 1.82) is 0 Å². The standard InChI is InChI=1S/C38H29N3O5/c1-26-35(28-16-7-3-8-17-28)46-38(30-20-13-21-31(24-30)41(44)45)25-34(27-14-5-2-6-15-27)39(37(43)29-18-9-4-10-19-29)32-22-11-12-23-33(32)40(38)36(26)42/h2-24,34H,25H2,1H3/t34-,38-/m1/s1. The summed E-state index contributed by atoms with van der Waals surface area (Å²) in [6.07, 6.45) is 0.0702. The van der Waals surface area contributed by atoms with Gasteiger partial charge in [-0.2, -0.15) is 0 Å². The van der Waals surface area contributed by atoms with Gasteiger partial charge in [-0.25, -0.2) is 0 Å². The van der Waals surface area contributed by atoms with Gasteiger partial charge in [0, 0.05) is 35.2 Å². The molecule has 0 saturated carbocycles. The number of nitro groups is 1. The number of fused-ring (bicyclic) bond motifs is 3. The number of hydrogen-bond acceptors (Lipinski definition) is 5. The van der Waals surface area contributed by atoms with E-state index in [2.05, 4.69) is 0 Å². The zero-order chi connectivity index (χ0) is 31.8. The fourth-order valence-electron chi connectivity index (χ4n) is 6.48. The molecule has 0 bridgehead atoms. The van der Waals surface area contributed by atoms with Crippen LogP contribution < -0.4 is 9.80 Å². The van der Waals surface area contributed by atoms with E-state index in [9.17, 15) is 19.7 Å². The van der Waals surface area contributed by atoms with Crippen LogP contribution in [0.3, 0.4) is 0 Å². The second-order valence-electron chi connectivity index (χ2n) is 11.3. The Labute approximate surface area is 265 Å². The number of nitrogens with zero attached hydrogens (tertiary/aromatic N) is 3. The van der Waals surface area contributed by atoms with E-state index < -0.39 is 16.7 Å². The predicted octanol–water partition coefficient (Wildman–Crippen LogP) is 8.03. The van der Waals surface area contributed by atoms with Gasteiger partial charge in [0.05, 0.1) is 27.9 Å². The van der Waals surface area contributed by atoms with Crippen LogP contribution in [-0.2, 0) is 15.3 Å². The average Bonchev–Trinajstić information content (AvgIpc) is 3.24. The Balaban J connectivity index is 1.56. The number of ether oxygens (including phenoxy) is 1. The van der Waals surface area contributed by atoms with E-state index in [0.717, 1.165) is 5.56 Å². The van der Waals surface area contributed by atoms with Crippen molar-refractivity contribution in [3.8, 4) is 0 Å². The van der Waals surface area contributed by atoms with Crippen molar-refractivity contribution in [2.24, 2.45) is 0 Å². The summed E-state index contributed by atoms with van der Waals surface area (Å²) in [5.41, 5.74) is 2.03. The molecule has 5 aromatic carbocycles. The first-order valence-electron chi connectivity index (χ1n) is 15.0. The first kappa shape index (κ1) is 28.7. The molecule has 8 nitrogen and oxygen atoms in total. The SMILES string of the molecule is CC1=C(c2ccccc2)O[C@@]2(c3cccc([N+](=O)[O-])c3)C[C@H](c3ccccc3)N(C(=O)c3ccccc3)c3ccccc3N2C1=O. The summed E-state index contributed by atoms with van der Waals surface area (Å²) in [6.45, 7) is 1.72. The molecular formula is C38H29N3O5. The maximum atomic E-state index is 14.8. The van der Waals surface area contributed by atoms with Crippen LogP contribution >= 0.6 is 0 Å². The lowest BCUT2D eigenvalue weighted by Gasteiger charge is -2.47. The Kier molecular flexibility index (Phi) is 7.17. The van der Waals surface area contributed by atoms with Gasteiger partial charge in [-0.3, -0.25) is 29.5 Å². The first-order chi connectivity index (χ1) is 22.4. The Morgan fingerprint density at radius 1 is 0.804 bits per heavy atom. The molecule has 0 saturated heterocycles. The molecule has 0 aliphatic carbocycles. The van der Waals surface area contributed by atoms with Gasteiger partial charge in [0.2, 0.25) is 5.72 Å². The molecule has 7 rings (SSSR count). The predicted molar refractivity (Wildman–Crippen MR) is 176 cm³/mol. The zero-order valence-corrected chi connectivity index (χ0v) is 24.9. The number of hydrogen-bond donors (Lipinski definition) is 0. The number of non-ortho nitro benzene ring substituents is 1. The van der Waals surface area contributed by atoms with E-state index in [0.29, 0.717) is 39.4 Å². The van der Waals surface area contributed by atoms with Crippen LogP contribution in [0, 0.1) is 10.1 Å². The molecule has 2 amide bonds. The topological polar surface area (TPSA) is 93.0 Å². The Bertz CT molecular complexity index is 2000. The molecule has 0 radical (unpaired) electrons. The van der Waals surface area contributed by atoms with Gasteiger partial charge >= 0.3 is 0 Å². The quantitative estimate of drug-likeness (QED) is 0.149. The Hall–Kier alpha value is -6.02. The van der Waals surface area contributed by atoms with Crippen LogP contribution in [0.25, 0.3) is 5.76 Å². The lowest BCUT2D eigenvalue weighted by molar-refractivity contribution is -0.385. The summed E-state index contributed by atoms with van der Waals surface area (Å²) in [7, 11) is 0. The van der Waals surface area contributed by atoms with E-state index >= 15 is 0 Å². The van der Waals surface area contributed by atoms with Crippen LogP contribution in [0.4, 0.5) is 17.1 Å². The number of rotatable bonds is 5. The molecule has 2 atom stereocenters. The summed E-state index contributed by atoms with van der Waals surface area (Å²) in [5.74, 6) is -0.207. The summed E-state index contributed by atoms with van der Waals surface area (Å²) in [5, 5.41) is 12.1. The third-order valence-electron chi connectivity index (χ3n) is 8.63. The number of anilines is 2. The molecule has 0 N–H and O–H groups in total. The van der Waals surface area contributed by atoms with E-state index in [1.54, 1.807) is 47.1 Å². The van der Waals surface area contributed by atoms with E-state index in [1.807, 2.05) is 97.1 Å². The van der Waals surface area contributed by atoms with Gasteiger partial charge in [0.25, 0.3) is 17.5 Å². The maximum Gasteiger partial charge on any atom is 0.269 e. The summed E-state index contributed by atoms with van der Waals surface area (Å²) < 4.78 is 7.11. The average molecular weight is 608 g/mol. The third kappa shape index (κ3) is 4.71. The number of benzene rings is 5. The fourth-order valence-corrected chi connectivity index (χ4v) is 6.48. The van der Waals surface area contributed by atoms with Crippen molar-refractivity contribution in [2.75, 3.05) is 9.80 Å². The van der Waals surface area contributed by atoms with Gasteiger partial charge < -0.3 is 4.74 Å². The second kappa shape index (κ2) is 11.5. The van der Waals surface area contributed by atoms with Crippen LogP contribution in [0.2, 0.25) is 0 Å². The molecule has 0 spiro atoms. The summed E-state index contributed by atoms with van der Waals surface area (Å²) >= 11 is 0.